The summed E-state index contributed by atoms with van der Waals surface area (Å²) in [5, 5.41) is 12.4. The molecule has 4 fully saturated rings. The van der Waals surface area contributed by atoms with Gasteiger partial charge >= 0.3 is 0 Å². The Morgan fingerprint density at radius 2 is 1.57 bits per heavy atom. The summed E-state index contributed by atoms with van der Waals surface area (Å²) in [5.74, 6) is 2.51. The van der Waals surface area contributed by atoms with E-state index in [1.807, 2.05) is 0 Å². The summed E-state index contributed by atoms with van der Waals surface area (Å²) in [6.07, 6.45) is 11.2. The molecule has 4 aliphatic rings. The zero-order valence-corrected chi connectivity index (χ0v) is 20.1. The van der Waals surface area contributed by atoms with Gasteiger partial charge in [0.25, 0.3) is 0 Å². The molecule has 4 bridgehead atoms. The maximum atomic E-state index is 12.6. The highest BCUT2D eigenvalue weighted by Crippen LogP contribution is 2.61. The molecule has 0 aliphatic heterocycles. The Hall–Kier alpha value is -3.36. The molecule has 0 radical (unpaired) electrons. The minimum atomic E-state index is -0.314. The number of carbonyl (C=O) groups excluding carboxylic acids is 3. The van der Waals surface area contributed by atoms with Gasteiger partial charge in [0.15, 0.2) is 0 Å². The highest BCUT2D eigenvalue weighted by Gasteiger charge is 2.51. The number of ether oxygens (including phenoxy) is 1. The molecule has 35 heavy (non-hydrogen) atoms. The maximum absolute atomic E-state index is 12.6. The van der Waals surface area contributed by atoms with Gasteiger partial charge in [0.1, 0.15) is 12.3 Å². The zero-order chi connectivity index (χ0) is 24.4. The average molecular weight is 480 g/mol. The van der Waals surface area contributed by atoms with Crippen molar-refractivity contribution in [2.45, 2.75) is 51.5 Å². The lowest BCUT2D eigenvalue weighted by atomic mass is 9.49. The summed E-state index contributed by atoms with van der Waals surface area (Å²) in [7, 11) is 1.58. The summed E-state index contributed by atoms with van der Waals surface area (Å²) in [4.78, 5) is 37.3. The van der Waals surface area contributed by atoms with Gasteiger partial charge in [0.2, 0.25) is 17.7 Å². The van der Waals surface area contributed by atoms with E-state index in [1.54, 1.807) is 37.6 Å². The molecule has 0 atom stereocenters. The molecule has 1 heterocycles. The van der Waals surface area contributed by atoms with Crippen molar-refractivity contribution in [3.63, 3.8) is 0 Å². The van der Waals surface area contributed by atoms with Crippen LogP contribution in [0.4, 0.5) is 11.4 Å². The molecule has 1 aromatic carbocycles. The standard InChI is InChI=1S/C26H33N5O4/c1-35-22-4-2-20(3-5-22)29-25(34)16-31-15-21(13-28-31)30-24(33)14-27-23(32)12-26-9-17-6-18(10-26)8-19(7-17)11-26/h2-5,13,15,17-19H,6-12,14,16H2,1H3,(H,27,32)(H,29,34)(H,30,33). The van der Waals surface area contributed by atoms with Gasteiger partial charge in [-0.05, 0) is 86.0 Å². The van der Waals surface area contributed by atoms with Crippen molar-refractivity contribution in [1.82, 2.24) is 15.1 Å². The number of rotatable bonds is 9. The predicted octanol–water partition coefficient (Wildman–Crippen LogP) is 3.19. The molecular weight excluding hydrogens is 446 g/mol. The van der Waals surface area contributed by atoms with Crippen LogP contribution in [-0.4, -0.2) is 41.2 Å². The molecular formula is C26H33N5O4. The molecule has 9 heteroatoms. The number of hydrogen-bond donors (Lipinski definition) is 3. The van der Waals surface area contributed by atoms with Crippen LogP contribution in [0.3, 0.4) is 0 Å². The topological polar surface area (TPSA) is 114 Å². The van der Waals surface area contributed by atoms with E-state index < -0.39 is 0 Å². The molecule has 3 N–H and O–H groups in total. The Morgan fingerprint density at radius 3 is 2.20 bits per heavy atom. The molecule has 2 aromatic rings. The second-order valence-corrected chi connectivity index (χ2v) is 10.6. The zero-order valence-electron chi connectivity index (χ0n) is 20.1. The van der Waals surface area contributed by atoms with Gasteiger partial charge in [-0.1, -0.05) is 0 Å². The number of nitrogens with zero attached hydrogens (tertiary/aromatic N) is 2. The minimum Gasteiger partial charge on any atom is -0.497 e. The average Bonchev–Trinajstić information content (AvgIpc) is 3.23. The summed E-state index contributed by atoms with van der Waals surface area (Å²) in [6, 6.07) is 7.03. The molecule has 186 valence electrons. The van der Waals surface area contributed by atoms with Crippen molar-refractivity contribution in [3.05, 3.63) is 36.7 Å². The van der Waals surface area contributed by atoms with E-state index in [0.29, 0.717) is 23.5 Å². The molecule has 4 aliphatic carbocycles. The van der Waals surface area contributed by atoms with Gasteiger partial charge in [-0.15, -0.1) is 0 Å². The Bertz CT molecular complexity index is 1060. The van der Waals surface area contributed by atoms with E-state index in [0.717, 1.165) is 17.8 Å². The van der Waals surface area contributed by atoms with E-state index in [-0.39, 0.29) is 36.2 Å². The SMILES string of the molecule is COc1ccc(NC(=O)Cn2cc(NC(=O)CNC(=O)CC34CC5CC(CC(C5)C3)C4)cn2)cc1. The quantitative estimate of drug-likeness (QED) is 0.511. The first-order chi connectivity index (χ1) is 16.9. The van der Waals surface area contributed by atoms with Gasteiger partial charge in [0.05, 0.1) is 25.5 Å². The first kappa shape index (κ1) is 23.4. The molecule has 6 rings (SSSR count). The number of amides is 3. The highest BCUT2D eigenvalue weighted by molar-refractivity contribution is 5.94. The molecule has 4 saturated carbocycles. The number of nitrogens with one attached hydrogen (secondary N) is 3. The molecule has 1 aromatic heterocycles. The Morgan fingerprint density at radius 1 is 0.943 bits per heavy atom. The summed E-state index contributed by atoms with van der Waals surface area (Å²) >= 11 is 0. The van der Waals surface area contributed by atoms with E-state index in [4.69, 9.17) is 4.74 Å². The number of hydrogen-bond acceptors (Lipinski definition) is 5. The summed E-state index contributed by atoms with van der Waals surface area (Å²) in [5.41, 5.74) is 1.28. The minimum absolute atomic E-state index is 0.00367. The number of methoxy groups -OCH3 is 1. The Labute approximate surface area is 205 Å². The first-order valence-corrected chi connectivity index (χ1v) is 12.4. The largest absolute Gasteiger partial charge is 0.497 e. The van der Waals surface area contributed by atoms with Crippen molar-refractivity contribution in [2.75, 3.05) is 24.3 Å². The Kier molecular flexibility index (Phi) is 6.49. The van der Waals surface area contributed by atoms with E-state index in [1.165, 1.54) is 49.4 Å². The van der Waals surface area contributed by atoms with Crippen molar-refractivity contribution in [2.24, 2.45) is 23.2 Å². The predicted molar refractivity (Wildman–Crippen MR) is 131 cm³/mol. The fraction of sp³-hybridized carbons (Fsp3) is 0.538. The van der Waals surface area contributed by atoms with Gasteiger partial charge < -0.3 is 20.7 Å². The Balaban J connectivity index is 1.05. The second kappa shape index (κ2) is 9.71. The lowest BCUT2D eigenvalue weighted by Crippen LogP contribution is -2.48. The molecule has 3 amide bonds. The van der Waals surface area contributed by atoms with E-state index in [2.05, 4.69) is 21.0 Å². The lowest BCUT2D eigenvalue weighted by molar-refractivity contribution is -0.131. The van der Waals surface area contributed by atoms with Gasteiger partial charge in [-0.3, -0.25) is 19.1 Å². The van der Waals surface area contributed by atoms with Crippen LogP contribution in [0.1, 0.15) is 44.9 Å². The van der Waals surface area contributed by atoms with Crippen molar-refractivity contribution in [3.8, 4) is 5.75 Å². The summed E-state index contributed by atoms with van der Waals surface area (Å²) in [6.45, 7) is -0.0714. The van der Waals surface area contributed by atoms with Crippen LogP contribution in [0.5, 0.6) is 5.75 Å². The van der Waals surface area contributed by atoms with Crippen LogP contribution in [-0.2, 0) is 20.9 Å². The second-order valence-electron chi connectivity index (χ2n) is 10.6. The first-order valence-electron chi connectivity index (χ1n) is 12.4. The fourth-order valence-corrected chi connectivity index (χ4v) is 6.83. The smallest absolute Gasteiger partial charge is 0.246 e. The van der Waals surface area contributed by atoms with Gasteiger partial charge in [-0.2, -0.15) is 5.10 Å². The van der Waals surface area contributed by atoms with Crippen LogP contribution >= 0.6 is 0 Å². The van der Waals surface area contributed by atoms with Crippen LogP contribution < -0.4 is 20.7 Å². The normalized spacial score (nSPS) is 26.3. The number of anilines is 2. The van der Waals surface area contributed by atoms with Crippen LogP contribution in [0.25, 0.3) is 0 Å². The molecule has 0 unspecified atom stereocenters. The van der Waals surface area contributed by atoms with Gasteiger partial charge in [0, 0.05) is 18.3 Å². The third-order valence-electron chi connectivity index (χ3n) is 7.74. The van der Waals surface area contributed by atoms with Crippen LogP contribution in [0.15, 0.2) is 36.7 Å². The van der Waals surface area contributed by atoms with E-state index >= 15 is 0 Å². The fourth-order valence-electron chi connectivity index (χ4n) is 6.83. The van der Waals surface area contributed by atoms with Crippen LogP contribution in [0, 0.1) is 23.2 Å². The molecule has 0 saturated heterocycles. The van der Waals surface area contributed by atoms with Gasteiger partial charge in [-0.25, -0.2) is 0 Å². The maximum Gasteiger partial charge on any atom is 0.246 e. The number of benzene rings is 1. The van der Waals surface area contributed by atoms with Crippen molar-refractivity contribution >= 4 is 29.1 Å². The monoisotopic (exact) mass is 479 g/mol. The van der Waals surface area contributed by atoms with Crippen molar-refractivity contribution < 1.29 is 19.1 Å². The third-order valence-corrected chi connectivity index (χ3v) is 7.74. The highest BCUT2D eigenvalue weighted by atomic mass is 16.5. The number of aromatic nitrogens is 2. The summed E-state index contributed by atoms with van der Waals surface area (Å²) < 4.78 is 6.55. The van der Waals surface area contributed by atoms with Crippen molar-refractivity contribution in [1.29, 1.82) is 0 Å². The number of carbonyl (C=O) groups is 3. The van der Waals surface area contributed by atoms with E-state index in [9.17, 15) is 14.4 Å². The molecule has 0 spiro atoms. The molecule has 9 nitrogen and oxygen atoms in total. The lowest BCUT2D eigenvalue weighted by Gasteiger charge is -2.56. The third kappa shape index (κ3) is 5.66. The van der Waals surface area contributed by atoms with Crippen LogP contribution in [0.2, 0.25) is 0 Å².